The molecule has 1 aromatic heterocycles. The molecule has 5 nitrogen and oxygen atoms in total. The lowest BCUT2D eigenvalue weighted by Crippen LogP contribution is -2.02. The van der Waals surface area contributed by atoms with Gasteiger partial charge in [-0.15, -0.1) is 0 Å². The average Bonchev–Trinajstić information content (AvgIpc) is 2.46. The minimum atomic E-state index is 0.521. The first-order valence-electron chi connectivity index (χ1n) is 5.41. The van der Waals surface area contributed by atoms with Gasteiger partial charge in [0.15, 0.2) is 0 Å². The lowest BCUT2D eigenvalue weighted by atomic mass is 10.1. The molecule has 0 aliphatic carbocycles. The van der Waals surface area contributed by atoms with Crippen molar-refractivity contribution in [3.05, 3.63) is 47.8 Å². The first-order chi connectivity index (χ1) is 8.81. The van der Waals surface area contributed by atoms with E-state index >= 15 is 0 Å². The Morgan fingerprint density at radius 1 is 1.28 bits per heavy atom. The summed E-state index contributed by atoms with van der Waals surface area (Å²) in [7, 11) is 1.56. The Bertz CT molecular complexity index is 560. The van der Waals surface area contributed by atoms with E-state index < -0.39 is 0 Å². The van der Waals surface area contributed by atoms with Crippen molar-refractivity contribution in [2.45, 2.75) is 6.54 Å². The number of aromatic nitrogens is 2. The maximum absolute atomic E-state index is 8.70. The van der Waals surface area contributed by atoms with Gasteiger partial charge in [0.1, 0.15) is 12.1 Å². The van der Waals surface area contributed by atoms with Crippen molar-refractivity contribution in [3.8, 4) is 11.9 Å². The zero-order valence-electron chi connectivity index (χ0n) is 9.92. The van der Waals surface area contributed by atoms with Gasteiger partial charge in [-0.1, -0.05) is 12.1 Å². The van der Waals surface area contributed by atoms with Crippen molar-refractivity contribution in [2.75, 3.05) is 12.4 Å². The van der Waals surface area contributed by atoms with Crippen LogP contribution in [0.4, 0.5) is 5.82 Å². The topological polar surface area (TPSA) is 70.8 Å². The number of nitrogens with zero attached hydrogens (tertiary/aromatic N) is 3. The fourth-order valence-corrected chi connectivity index (χ4v) is 1.44. The summed E-state index contributed by atoms with van der Waals surface area (Å²) in [5, 5.41) is 11.9. The van der Waals surface area contributed by atoms with Gasteiger partial charge < -0.3 is 10.1 Å². The molecule has 0 aliphatic rings. The molecule has 0 unspecified atom stereocenters. The normalized spacial score (nSPS) is 9.56. The van der Waals surface area contributed by atoms with E-state index in [1.165, 1.54) is 6.33 Å². The van der Waals surface area contributed by atoms with Crippen LogP contribution in [0.1, 0.15) is 11.1 Å². The van der Waals surface area contributed by atoms with Crippen LogP contribution in [-0.4, -0.2) is 17.1 Å². The Morgan fingerprint density at radius 3 is 2.72 bits per heavy atom. The van der Waals surface area contributed by atoms with Crippen LogP contribution in [0.25, 0.3) is 0 Å². The fraction of sp³-hybridized carbons (Fsp3) is 0.154. The van der Waals surface area contributed by atoms with Crippen LogP contribution in [0.5, 0.6) is 5.88 Å². The molecule has 2 rings (SSSR count). The molecule has 90 valence electrons. The lowest BCUT2D eigenvalue weighted by Gasteiger charge is -2.06. The smallest absolute Gasteiger partial charge is 0.218 e. The molecule has 5 heteroatoms. The van der Waals surface area contributed by atoms with Gasteiger partial charge in [-0.05, 0) is 17.7 Å². The van der Waals surface area contributed by atoms with E-state index in [1.807, 2.05) is 12.1 Å². The Hall–Kier alpha value is -2.61. The molecule has 2 aromatic rings. The Morgan fingerprint density at radius 2 is 2.06 bits per heavy atom. The predicted molar refractivity (Wildman–Crippen MR) is 67.1 cm³/mol. The zero-order valence-corrected chi connectivity index (χ0v) is 9.92. The van der Waals surface area contributed by atoms with Gasteiger partial charge in [0, 0.05) is 12.6 Å². The number of rotatable bonds is 4. The molecule has 1 aromatic carbocycles. The summed E-state index contributed by atoms with van der Waals surface area (Å²) < 4.78 is 5.01. The first kappa shape index (κ1) is 11.9. The number of nitriles is 1. The highest BCUT2D eigenvalue weighted by atomic mass is 16.5. The molecule has 1 N–H and O–H groups in total. The number of ether oxygens (including phenoxy) is 1. The average molecular weight is 240 g/mol. The van der Waals surface area contributed by atoms with Gasteiger partial charge in [0.25, 0.3) is 0 Å². The second-order valence-electron chi connectivity index (χ2n) is 3.61. The molecular weight excluding hydrogens is 228 g/mol. The molecule has 0 bridgehead atoms. The Balaban J connectivity index is 2.00. The summed E-state index contributed by atoms with van der Waals surface area (Å²) in [6.45, 7) is 0.631. The van der Waals surface area contributed by atoms with Crippen molar-refractivity contribution in [2.24, 2.45) is 0 Å². The highest BCUT2D eigenvalue weighted by molar-refractivity contribution is 5.39. The third-order valence-corrected chi connectivity index (χ3v) is 2.41. The van der Waals surface area contributed by atoms with Crippen molar-refractivity contribution in [1.82, 2.24) is 9.97 Å². The number of hydrogen-bond donors (Lipinski definition) is 1. The van der Waals surface area contributed by atoms with Crippen LogP contribution in [0.15, 0.2) is 36.7 Å². The second kappa shape index (κ2) is 5.64. The lowest BCUT2D eigenvalue weighted by molar-refractivity contribution is 0.397. The molecule has 18 heavy (non-hydrogen) atoms. The van der Waals surface area contributed by atoms with Crippen molar-refractivity contribution in [1.29, 1.82) is 5.26 Å². The molecule has 1 heterocycles. The highest BCUT2D eigenvalue weighted by Gasteiger charge is 1.98. The van der Waals surface area contributed by atoms with Gasteiger partial charge in [-0.2, -0.15) is 5.26 Å². The Kier molecular flexibility index (Phi) is 3.72. The van der Waals surface area contributed by atoms with E-state index in [0.29, 0.717) is 23.8 Å². The maximum atomic E-state index is 8.70. The Labute approximate surface area is 105 Å². The second-order valence-corrected chi connectivity index (χ2v) is 3.61. The van der Waals surface area contributed by atoms with E-state index in [1.54, 1.807) is 25.3 Å². The standard InChI is InChI=1S/C13H12N4O/c1-18-13-6-12(16-9-17-13)15-8-11-4-2-10(7-14)3-5-11/h2-6,9H,8H2,1H3,(H,15,16,17). The van der Waals surface area contributed by atoms with Gasteiger partial charge in [0.2, 0.25) is 5.88 Å². The predicted octanol–water partition coefficient (Wildman–Crippen LogP) is 1.97. The van der Waals surface area contributed by atoms with Gasteiger partial charge in [-0.25, -0.2) is 9.97 Å². The SMILES string of the molecule is COc1cc(NCc2ccc(C#N)cc2)ncn1. The van der Waals surface area contributed by atoms with E-state index in [9.17, 15) is 0 Å². The first-order valence-corrected chi connectivity index (χ1v) is 5.41. The summed E-state index contributed by atoms with van der Waals surface area (Å²) in [5.41, 5.74) is 1.73. The van der Waals surface area contributed by atoms with E-state index in [2.05, 4.69) is 21.4 Å². The van der Waals surface area contributed by atoms with E-state index in [-0.39, 0.29) is 0 Å². The van der Waals surface area contributed by atoms with E-state index in [0.717, 1.165) is 5.56 Å². The third kappa shape index (κ3) is 2.95. The van der Waals surface area contributed by atoms with Gasteiger partial charge in [0.05, 0.1) is 18.7 Å². The molecule has 0 atom stereocenters. The molecule has 0 saturated heterocycles. The largest absolute Gasteiger partial charge is 0.481 e. The molecule has 0 fully saturated rings. The van der Waals surface area contributed by atoms with Crippen LogP contribution in [0.3, 0.4) is 0 Å². The summed E-state index contributed by atoms with van der Waals surface area (Å²) in [5.74, 6) is 1.22. The quantitative estimate of drug-likeness (QED) is 0.884. The number of nitrogens with one attached hydrogen (secondary N) is 1. The summed E-state index contributed by atoms with van der Waals surface area (Å²) in [6.07, 6.45) is 1.44. The summed E-state index contributed by atoms with van der Waals surface area (Å²) >= 11 is 0. The third-order valence-electron chi connectivity index (χ3n) is 2.41. The van der Waals surface area contributed by atoms with E-state index in [4.69, 9.17) is 10.00 Å². The molecule has 0 saturated carbocycles. The molecular formula is C13H12N4O. The van der Waals surface area contributed by atoms with Crippen LogP contribution in [-0.2, 0) is 6.54 Å². The van der Waals surface area contributed by atoms with Crippen LogP contribution < -0.4 is 10.1 Å². The minimum Gasteiger partial charge on any atom is -0.481 e. The highest BCUT2D eigenvalue weighted by Crippen LogP contribution is 2.11. The fourth-order valence-electron chi connectivity index (χ4n) is 1.44. The molecule has 0 radical (unpaired) electrons. The number of anilines is 1. The molecule has 0 aliphatic heterocycles. The van der Waals surface area contributed by atoms with Crippen LogP contribution >= 0.6 is 0 Å². The monoisotopic (exact) mass is 240 g/mol. The van der Waals surface area contributed by atoms with Gasteiger partial charge in [-0.3, -0.25) is 0 Å². The van der Waals surface area contributed by atoms with Crippen molar-refractivity contribution < 1.29 is 4.74 Å². The maximum Gasteiger partial charge on any atom is 0.218 e. The molecule has 0 amide bonds. The number of methoxy groups -OCH3 is 1. The van der Waals surface area contributed by atoms with Crippen LogP contribution in [0, 0.1) is 11.3 Å². The summed E-state index contributed by atoms with van der Waals surface area (Å²) in [4.78, 5) is 8.01. The van der Waals surface area contributed by atoms with Crippen molar-refractivity contribution >= 4 is 5.82 Å². The van der Waals surface area contributed by atoms with Gasteiger partial charge >= 0.3 is 0 Å². The zero-order chi connectivity index (χ0) is 12.8. The number of hydrogen-bond acceptors (Lipinski definition) is 5. The summed E-state index contributed by atoms with van der Waals surface area (Å²) in [6, 6.07) is 11.2. The number of benzene rings is 1. The van der Waals surface area contributed by atoms with Crippen LogP contribution in [0.2, 0.25) is 0 Å². The molecule has 0 spiro atoms. The van der Waals surface area contributed by atoms with Crippen molar-refractivity contribution in [3.63, 3.8) is 0 Å². The minimum absolute atomic E-state index is 0.521.